The van der Waals surface area contributed by atoms with Crippen LogP contribution in [0.5, 0.6) is 11.5 Å². The first-order chi connectivity index (χ1) is 20.4. The summed E-state index contributed by atoms with van der Waals surface area (Å²) >= 11 is 0. The Balaban J connectivity index is 1.47. The van der Waals surface area contributed by atoms with Gasteiger partial charge in [-0.3, -0.25) is 9.59 Å². The number of anilines is 2. The number of hydrogen-bond donors (Lipinski definition) is 4. The molecule has 0 aliphatic rings. The molecular weight excluding hydrogens is 524 g/mol. The summed E-state index contributed by atoms with van der Waals surface area (Å²) in [6, 6.07) is 17.2. The fourth-order valence-electron chi connectivity index (χ4n) is 5.10. The van der Waals surface area contributed by atoms with Crippen LogP contribution in [0.2, 0.25) is 0 Å². The molecule has 2 amide bonds. The highest BCUT2D eigenvalue weighted by Crippen LogP contribution is 2.24. The van der Waals surface area contributed by atoms with Crippen LogP contribution in [0.4, 0.5) is 11.4 Å². The molecule has 0 heterocycles. The van der Waals surface area contributed by atoms with Crippen molar-refractivity contribution in [2.45, 2.75) is 104 Å². The molecule has 3 aromatic rings. The number of carbonyl (C=O) groups is 2. The zero-order valence-corrected chi connectivity index (χ0v) is 25.4. The first-order valence-electron chi connectivity index (χ1n) is 15.8. The number of phenols is 2. The number of amides is 2. The summed E-state index contributed by atoms with van der Waals surface area (Å²) in [7, 11) is 0. The van der Waals surface area contributed by atoms with Crippen LogP contribution in [0.15, 0.2) is 60.7 Å². The smallest absolute Gasteiger partial charge is 0.259 e. The second kappa shape index (κ2) is 17.9. The van der Waals surface area contributed by atoms with E-state index < -0.39 is 11.8 Å². The van der Waals surface area contributed by atoms with Crippen molar-refractivity contribution in [3.63, 3.8) is 0 Å². The maximum absolute atomic E-state index is 12.8. The Morgan fingerprint density at radius 2 is 0.881 bits per heavy atom. The van der Waals surface area contributed by atoms with Gasteiger partial charge in [-0.05, 0) is 85.3 Å². The highest BCUT2D eigenvalue weighted by molar-refractivity contribution is 6.07. The van der Waals surface area contributed by atoms with Crippen molar-refractivity contribution >= 4 is 23.2 Å². The third kappa shape index (κ3) is 10.9. The lowest BCUT2D eigenvalue weighted by Gasteiger charge is -2.11. The number of rotatable bonds is 18. The van der Waals surface area contributed by atoms with E-state index in [1.165, 1.54) is 64.2 Å². The van der Waals surface area contributed by atoms with Gasteiger partial charge >= 0.3 is 0 Å². The molecule has 0 saturated carbocycles. The molecule has 0 atom stereocenters. The molecule has 0 unspecified atom stereocenters. The predicted octanol–water partition coefficient (Wildman–Crippen LogP) is 9.41. The highest BCUT2D eigenvalue weighted by Gasteiger charge is 2.14. The van der Waals surface area contributed by atoms with Gasteiger partial charge in [0.2, 0.25) is 0 Å². The van der Waals surface area contributed by atoms with Crippen molar-refractivity contribution in [2.24, 2.45) is 0 Å². The number of aromatic hydroxyl groups is 2. The summed E-state index contributed by atoms with van der Waals surface area (Å²) in [6.07, 6.45) is 16.3. The second-order valence-corrected chi connectivity index (χ2v) is 11.2. The first-order valence-corrected chi connectivity index (χ1v) is 15.8. The third-order valence-corrected chi connectivity index (χ3v) is 7.65. The Hall–Kier alpha value is -3.80. The van der Waals surface area contributed by atoms with E-state index in [4.69, 9.17) is 0 Å². The number of nitrogens with one attached hydrogen (secondary N) is 2. The van der Waals surface area contributed by atoms with Crippen LogP contribution in [0.3, 0.4) is 0 Å². The summed E-state index contributed by atoms with van der Waals surface area (Å²) in [6.45, 7) is 4.42. The lowest BCUT2D eigenvalue weighted by Crippen LogP contribution is -2.13. The molecule has 226 valence electrons. The molecular formula is C36H48N2O4. The summed E-state index contributed by atoms with van der Waals surface area (Å²) in [5.74, 6) is -0.863. The van der Waals surface area contributed by atoms with Gasteiger partial charge in [-0.25, -0.2) is 0 Å². The first kappa shape index (κ1) is 32.7. The average molecular weight is 573 g/mol. The zero-order valence-electron chi connectivity index (χ0n) is 25.4. The molecule has 4 N–H and O–H groups in total. The number of carbonyl (C=O) groups excluding carboxylic acids is 2. The Labute approximate surface area is 251 Å². The van der Waals surface area contributed by atoms with Gasteiger partial charge in [0.05, 0.1) is 11.1 Å². The SMILES string of the molecule is CCCCCCCCc1ccc(C(=O)Nc2ccc(NC(=O)c3ccc(CCCCCCCC)cc3O)cc2)c(O)c1. The molecule has 0 aromatic heterocycles. The molecule has 0 saturated heterocycles. The molecule has 0 fully saturated rings. The lowest BCUT2D eigenvalue weighted by molar-refractivity contribution is 0.101. The Morgan fingerprint density at radius 3 is 1.24 bits per heavy atom. The van der Waals surface area contributed by atoms with Crippen molar-refractivity contribution < 1.29 is 19.8 Å². The minimum Gasteiger partial charge on any atom is -0.507 e. The molecule has 0 spiro atoms. The maximum Gasteiger partial charge on any atom is 0.259 e. The van der Waals surface area contributed by atoms with E-state index in [0.717, 1.165) is 36.8 Å². The molecule has 3 rings (SSSR count). The normalized spacial score (nSPS) is 10.9. The average Bonchev–Trinajstić information content (AvgIpc) is 2.97. The van der Waals surface area contributed by atoms with E-state index in [0.29, 0.717) is 11.4 Å². The number of aryl methyl sites for hydroxylation is 2. The molecule has 0 aliphatic heterocycles. The minimum atomic E-state index is -0.402. The molecule has 0 bridgehead atoms. The Bertz CT molecular complexity index is 1170. The summed E-state index contributed by atoms with van der Waals surface area (Å²) < 4.78 is 0. The van der Waals surface area contributed by atoms with E-state index in [1.54, 1.807) is 48.5 Å². The Kier molecular flexibility index (Phi) is 13.9. The highest BCUT2D eigenvalue weighted by atomic mass is 16.3. The Morgan fingerprint density at radius 1 is 0.524 bits per heavy atom. The molecule has 3 aromatic carbocycles. The van der Waals surface area contributed by atoms with Crippen LogP contribution >= 0.6 is 0 Å². The quantitative estimate of drug-likeness (QED) is 0.114. The summed E-state index contributed by atoms with van der Waals surface area (Å²) in [5, 5.41) is 26.5. The monoisotopic (exact) mass is 572 g/mol. The predicted molar refractivity (Wildman–Crippen MR) is 173 cm³/mol. The van der Waals surface area contributed by atoms with Crippen LogP contribution in [-0.2, 0) is 12.8 Å². The molecule has 0 radical (unpaired) electrons. The van der Waals surface area contributed by atoms with Gasteiger partial charge in [0.1, 0.15) is 11.5 Å². The van der Waals surface area contributed by atoms with E-state index in [1.807, 2.05) is 12.1 Å². The molecule has 6 heteroatoms. The van der Waals surface area contributed by atoms with Gasteiger partial charge in [-0.2, -0.15) is 0 Å². The third-order valence-electron chi connectivity index (χ3n) is 7.65. The number of hydrogen-bond acceptors (Lipinski definition) is 4. The lowest BCUT2D eigenvalue weighted by atomic mass is 10.0. The van der Waals surface area contributed by atoms with Crippen LogP contribution in [-0.4, -0.2) is 22.0 Å². The van der Waals surface area contributed by atoms with Crippen LogP contribution < -0.4 is 10.6 Å². The van der Waals surface area contributed by atoms with Crippen LogP contribution in [0.25, 0.3) is 0 Å². The fourth-order valence-corrected chi connectivity index (χ4v) is 5.10. The standard InChI is InChI=1S/C36H48N2O4/c1-3-5-7-9-11-13-15-27-17-23-31(33(39)25-27)35(41)37-29-19-21-30(22-20-29)38-36(42)32-24-18-28(26-34(32)40)16-14-12-10-8-6-4-2/h17-26,39-40H,3-16H2,1-2H3,(H,37,41)(H,38,42). The maximum atomic E-state index is 12.8. The second-order valence-electron chi connectivity index (χ2n) is 11.2. The van der Waals surface area contributed by atoms with Crippen molar-refractivity contribution in [1.29, 1.82) is 0 Å². The number of unbranched alkanes of at least 4 members (excludes halogenated alkanes) is 10. The van der Waals surface area contributed by atoms with Crippen molar-refractivity contribution in [1.82, 2.24) is 0 Å². The summed E-state index contributed by atoms with van der Waals surface area (Å²) in [5.41, 5.74) is 3.56. The molecule has 0 aliphatic carbocycles. The van der Waals surface area contributed by atoms with Gasteiger partial charge < -0.3 is 20.8 Å². The molecule has 6 nitrogen and oxygen atoms in total. The van der Waals surface area contributed by atoms with E-state index in [9.17, 15) is 19.8 Å². The van der Waals surface area contributed by atoms with Gasteiger partial charge in [0, 0.05) is 11.4 Å². The van der Waals surface area contributed by atoms with Crippen LogP contribution in [0.1, 0.15) is 123 Å². The van der Waals surface area contributed by atoms with Gasteiger partial charge in [0.15, 0.2) is 0 Å². The van der Waals surface area contributed by atoms with E-state index >= 15 is 0 Å². The van der Waals surface area contributed by atoms with Crippen LogP contribution in [0, 0.1) is 0 Å². The summed E-state index contributed by atoms with van der Waals surface area (Å²) in [4.78, 5) is 25.6. The van der Waals surface area contributed by atoms with Gasteiger partial charge in [-0.1, -0.05) is 90.2 Å². The molecule has 42 heavy (non-hydrogen) atoms. The minimum absolute atomic E-state index is 0.0299. The number of phenolic OH excluding ortho intramolecular Hbond substituents is 2. The number of benzene rings is 3. The van der Waals surface area contributed by atoms with E-state index in [-0.39, 0.29) is 22.6 Å². The zero-order chi connectivity index (χ0) is 30.2. The topological polar surface area (TPSA) is 98.7 Å². The van der Waals surface area contributed by atoms with Gasteiger partial charge in [0.25, 0.3) is 11.8 Å². The van der Waals surface area contributed by atoms with Crippen molar-refractivity contribution in [3.8, 4) is 11.5 Å². The largest absolute Gasteiger partial charge is 0.507 e. The fraction of sp³-hybridized carbons (Fsp3) is 0.444. The van der Waals surface area contributed by atoms with Crippen molar-refractivity contribution in [3.05, 3.63) is 82.9 Å². The van der Waals surface area contributed by atoms with Gasteiger partial charge in [-0.15, -0.1) is 0 Å². The van der Waals surface area contributed by atoms with E-state index in [2.05, 4.69) is 24.5 Å². The van der Waals surface area contributed by atoms with Crippen molar-refractivity contribution in [2.75, 3.05) is 10.6 Å².